The summed E-state index contributed by atoms with van der Waals surface area (Å²) in [5, 5.41) is 7.28. The minimum atomic E-state index is -0.419. The zero-order valence-corrected chi connectivity index (χ0v) is 16.0. The molecule has 1 aliphatic rings. The fourth-order valence-electron chi connectivity index (χ4n) is 3.44. The lowest BCUT2D eigenvalue weighted by Crippen LogP contribution is -2.41. The van der Waals surface area contributed by atoms with Crippen molar-refractivity contribution in [2.45, 2.75) is 31.8 Å². The van der Waals surface area contributed by atoms with Gasteiger partial charge in [-0.1, -0.05) is 6.07 Å². The zero-order valence-electron chi connectivity index (χ0n) is 15.2. The van der Waals surface area contributed by atoms with Gasteiger partial charge in [0.15, 0.2) is 0 Å². The Labute approximate surface area is 157 Å². The van der Waals surface area contributed by atoms with Crippen LogP contribution in [0.1, 0.15) is 36.2 Å². The van der Waals surface area contributed by atoms with Crippen molar-refractivity contribution in [2.24, 2.45) is 0 Å². The molecule has 1 atom stereocenters. The first-order valence-corrected chi connectivity index (χ1v) is 10.3. The molecule has 0 aliphatic carbocycles. The van der Waals surface area contributed by atoms with Crippen molar-refractivity contribution in [3.8, 4) is 0 Å². The van der Waals surface area contributed by atoms with Crippen LogP contribution in [0.2, 0.25) is 0 Å². The summed E-state index contributed by atoms with van der Waals surface area (Å²) in [5.41, 5.74) is 0.304. The molecular formula is C19H25FN4OS. The number of hydrogen-bond donors (Lipinski definition) is 1. The highest BCUT2D eigenvalue weighted by molar-refractivity contribution is 7.98. The lowest BCUT2D eigenvalue weighted by Gasteiger charge is -2.36. The highest BCUT2D eigenvalue weighted by Gasteiger charge is 2.25. The van der Waals surface area contributed by atoms with Crippen LogP contribution in [-0.2, 0) is 0 Å². The van der Waals surface area contributed by atoms with Crippen LogP contribution in [0.3, 0.4) is 0 Å². The van der Waals surface area contributed by atoms with Crippen molar-refractivity contribution in [1.29, 1.82) is 0 Å². The van der Waals surface area contributed by atoms with Gasteiger partial charge in [0.05, 0.1) is 12.2 Å². The van der Waals surface area contributed by atoms with E-state index in [0.29, 0.717) is 17.4 Å². The van der Waals surface area contributed by atoms with Crippen molar-refractivity contribution < 1.29 is 9.18 Å². The highest BCUT2D eigenvalue weighted by atomic mass is 32.2. The molecule has 0 bridgehead atoms. The number of anilines is 1. The van der Waals surface area contributed by atoms with E-state index in [0.717, 1.165) is 31.7 Å². The van der Waals surface area contributed by atoms with Crippen LogP contribution in [0.5, 0.6) is 0 Å². The molecule has 1 aromatic carbocycles. The standard InChI is InChI=1S/C19H25FN4OS/c1-14(13-26-2)23-10-7-17(8-11-23)24-18(6-9-21-24)22-19(25)15-4-3-5-16(20)12-15/h3-6,9,12,14,17H,7-8,10-11,13H2,1-2H3,(H,22,25)/t14-/m0/s1. The number of thioether (sulfide) groups is 1. The van der Waals surface area contributed by atoms with Gasteiger partial charge in [-0.3, -0.25) is 9.69 Å². The number of rotatable bonds is 6. The van der Waals surface area contributed by atoms with E-state index < -0.39 is 5.82 Å². The van der Waals surface area contributed by atoms with Crippen LogP contribution in [0.4, 0.5) is 10.2 Å². The van der Waals surface area contributed by atoms with E-state index in [1.54, 1.807) is 18.3 Å². The largest absolute Gasteiger partial charge is 0.307 e. The Morgan fingerprint density at radius 2 is 2.15 bits per heavy atom. The number of aromatic nitrogens is 2. The van der Waals surface area contributed by atoms with Gasteiger partial charge in [0.2, 0.25) is 0 Å². The van der Waals surface area contributed by atoms with Gasteiger partial charge in [0.1, 0.15) is 11.6 Å². The van der Waals surface area contributed by atoms with Crippen molar-refractivity contribution in [3.05, 3.63) is 47.9 Å². The molecular weight excluding hydrogens is 351 g/mol. The van der Waals surface area contributed by atoms with Crippen molar-refractivity contribution in [2.75, 3.05) is 30.4 Å². The summed E-state index contributed by atoms with van der Waals surface area (Å²) < 4.78 is 15.2. The predicted molar refractivity (Wildman–Crippen MR) is 104 cm³/mol. The minimum Gasteiger partial charge on any atom is -0.307 e. The molecule has 0 saturated carbocycles. The zero-order chi connectivity index (χ0) is 18.5. The normalized spacial score (nSPS) is 17.2. The van der Waals surface area contributed by atoms with E-state index in [-0.39, 0.29) is 11.9 Å². The van der Waals surface area contributed by atoms with E-state index in [1.807, 2.05) is 16.4 Å². The SMILES string of the molecule is CSC[C@H](C)N1CCC(n2nccc2NC(=O)c2cccc(F)c2)CC1. The molecule has 2 heterocycles. The van der Waals surface area contributed by atoms with E-state index in [9.17, 15) is 9.18 Å². The summed E-state index contributed by atoms with van der Waals surface area (Å²) in [6, 6.07) is 8.34. The molecule has 1 fully saturated rings. The number of nitrogens with zero attached hydrogens (tertiary/aromatic N) is 3. The Morgan fingerprint density at radius 1 is 1.38 bits per heavy atom. The topological polar surface area (TPSA) is 50.2 Å². The molecule has 0 unspecified atom stereocenters. The number of amides is 1. The second-order valence-electron chi connectivity index (χ2n) is 6.70. The van der Waals surface area contributed by atoms with Gasteiger partial charge in [-0.2, -0.15) is 16.9 Å². The molecule has 0 spiro atoms. The fourth-order valence-corrected chi connectivity index (χ4v) is 4.13. The minimum absolute atomic E-state index is 0.269. The van der Waals surface area contributed by atoms with Gasteiger partial charge in [-0.05, 0) is 44.2 Å². The van der Waals surface area contributed by atoms with E-state index in [2.05, 4.69) is 28.5 Å². The molecule has 3 rings (SSSR count). The van der Waals surface area contributed by atoms with E-state index in [1.165, 1.54) is 18.2 Å². The van der Waals surface area contributed by atoms with E-state index >= 15 is 0 Å². The van der Waals surface area contributed by atoms with Gasteiger partial charge >= 0.3 is 0 Å². The third-order valence-electron chi connectivity index (χ3n) is 4.87. The number of carbonyl (C=O) groups excluding carboxylic acids is 1. The predicted octanol–water partition coefficient (Wildman–Crippen LogP) is 3.66. The molecule has 2 aromatic rings. The van der Waals surface area contributed by atoms with Crippen LogP contribution in [0, 0.1) is 5.82 Å². The Kier molecular flexibility index (Phi) is 6.32. The smallest absolute Gasteiger partial charge is 0.256 e. The Hall–Kier alpha value is -1.86. The summed E-state index contributed by atoms with van der Waals surface area (Å²) in [4.78, 5) is 14.9. The van der Waals surface area contributed by atoms with Gasteiger partial charge in [-0.25, -0.2) is 9.07 Å². The number of carbonyl (C=O) groups is 1. The lowest BCUT2D eigenvalue weighted by atomic mass is 10.0. The first-order valence-electron chi connectivity index (χ1n) is 8.92. The quantitative estimate of drug-likeness (QED) is 0.836. The van der Waals surface area contributed by atoms with Crippen LogP contribution >= 0.6 is 11.8 Å². The van der Waals surface area contributed by atoms with Crippen LogP contribution in [-0.4, -0.2) is 51.7 Å². The third-order valence-corrected chi connectivity index (χ3v) is 5.69. The highest BCUT2D eigenvalue weighted by Crippen LogP contribution is 2.27. The van der Waals surface area contributed by atoms with Gasteiger partial charge in [-0.15, -0.1) is 0 Å². The van der Waals surface area contributed by atoms with Gasteiger partial charge in [0, 0.05) is 36.5 Å². The average Bonchev–Trinajstić information content (AvgIpc) is 3.10. The fraction of sp³-hybridized carbons (Fsp3) is 0.474. The number of hydrogen-bond acceptors (Lipinski definition) is 4. The molecule has 1 amide bonds. The van der Waals surface area contributed by atoms with Gasteiger partial charge in [0.25, 0.3) is 5.91 Å². The maximum atomic E-state index is 13.3. The molecule has 7 heteroatoms. The Bertz CT molecular complexity index is 743. The molecule has 1 N–H and O–H groups in total. The molecule has 5 nitrogen and oxygen atoms in total. The van der Waals surface area contributed by atoms with Gasteiger partial charge < -0.3 is 5.32 Å². The number of likely N-dealkylation sites (tertiary alicyclic amines) is 1. The maximum Gasteiger partial charge on any atom is 0.256 e. The van der Waals surface area contributed by atoms with Crippen LogP contribution in [0.15, 0.2) is 36.5 Å². The first kappa shape index (κ1) is 18.9. The Balaban J connectivity index is 1.63. The second-order valence-corrected chi connectivity index (χ2v) is 7.61. The van der Waals surface area contributed by atoms with Crippen molar-refractivity contribution in [1.82, 2.24) is 14.7 Å². The van der Waals surface area contributed by atoms with Crippen molar-refractivity contribution >= 4 is 23.5 Å². The summed E-state index contributed by atoms with van der Waals surface area (Å²) in [6.07, 6.45) is 5.84. The molecule has 1 aliphatic heterocycles. The average molecular weight is 377 g/mol. The summed E-state index contributed by atoms with van der Waals surface area (Å²) >= 11 is 1.88. The van der Waals surface area contributed by atoms with Crippen LogP contribution < -0.4 is 5.32 Å². The van der Waals surface area contributed by atoms with Crippen molar-refractivity contribution in [3.63, 3.8) is 0 Å². The molecule has 0 radical (unpaired) electrons. The first-order chi connectivity index (χ1) is 12.6. The maximum absolute atomic E-state index is 13.3. The molecule has 140 valence electrons. The van der Waals surface area contributed by atoms with Crippen LogP contribution in [0.25, 0.3) is 0 Å². The second kappa shape index (κ2) is 8.68. The lowest BCUT2D eigenvalue weighted by molar-refractivity contribution is 0.102. The van der Waals surface area contributed by atoms with E-state index in [4.69, 9.17) is 0 Å². The summed E-state index contributed by atoms with van der Waals surface area (Å²) in [5.74, 6) is 1.06. The number of benzene rings is 1. The number of halogens is 1. The molecule has 1 saturated heterocycles. The molecule has 26 heavy (non-hydrogen) atoms. The summed E-state index contributed by atoms with van der Waals surface area (Å²) in [6.45, 7) is 4.34. The monoisotopic (exact) mass is 376 g/mol. The Morgan fingerprint density at radius 3 is 2.85 bits per heavy atom. The number of piperidine rings is 1. The molecule has 1 aromatic heterocycles. The number of nitrogens with one attached hydrogen (secondary N) is 1. The summed E-state index contributed by atoms with van der Waals surface area (Å²) in [7, 11) is 0. The third kappa shape index (κ3) is 4.45.